The highest BCUT2D eigenvalue weighted by atomic mass is 16.7. The maximum atomic E-state index is 11.8. The molecule has 110 valence electrons. The topological polar surface area (TPSA) is 145 Å². The van der Waals surface area contributed by atoms with Gasteiger partial charge in [-0.2, -0.15) is 5.10 Å². The summed E-state index contributed by atoms with van der Waals surface area (Å²) < 4.78 is 11.9. The van der Waals surface area contributed by atoms with E-state index in [2.05, 4.69) is 15.1 Å². The summed E-state index contributed by atoms with van der Waals surface area (Å²) in [6.07, 6.45) is -1.16. The molecule has 2 bridgehead atoms. The number of carbonyl (C=O) groups is 1. The first-order chi connectivity index (χ1) is 10.0. The van der Waals surface area contributed by atoms with Crippen molar-refractivity contribution in [2.75, 3.05) is 6.61 Å². The van der Waals surface area contributed by atoms with Crippen molar-refractivity contribution >= 4 is 17.3 Å². The highest BCUT2D eigenvalue weighted by Crippen LogP contribution is 2.38. The molecule has 0 aromatic carbocycles. The minimum absolute atomic E-state index is 0.102. The molecular formula is C10H10N6O5. The summed E-state index contributed by atoms with van der Waals surface area (Å²) in [7, 11) is 0. The highest BCUT2D eigenvalue weighted by molar-refractivity contribution is 5.83. The van der Waals surface area contributed by atoms with Gasteiger partial charge in [0.15, 0.2) is 5.78 Å². The summed E-state index contributed by atoms with van der Waals surface area (Å²) >= 11 is 0. The van der Waals surface area contributed by atoms with Gasteiger partial charge in [-0.15, -0.1) is 0 Å². The summed E-state index contributed by atoms with van der Waals surface area (Å²) in [6.45, 7) is 1.69. The Labute approximate surface area is 117 Å². The minimum Gasteiger partial charge on any atom is -0.343 e. The van der Waals surface area contributed by atoms with Crippen LogP contribution in [0.25, 0.3) is 10.4 Å². The highest BCUT2D eigenvalue weighted by Gasteiger charge is 2.45. The van der Waals surface area contributed by atoms with E-state index in [-0.39, 0.29) is 36.0 Å². The normalized spacial score (nSPS) is 27.5. The molecule has 0 saturated carbocycles. The van der Waals surface area contributed by atoms with Crippen LogP contribution < -0.4 is 0 Å². The van der Waals surface area contributed by atoms with Gasteiger partial charge in [0, 0.05) is 11.3 Å². The van der Waals surface area contributed by atoms with E-state index in [1.165, 1.54) is 11.6 Å². The van der Waals surface area contributed by atoms with Crippen LogP contribution in [0.2, 0.25) is 0 Å². The zero-order valence-electron chi connectivity index (χ0n) is 10.9. The van der Waals surface area contributed by atoms with E-state index in [1.54, 1.807) is 0 Å². The first-order valence-corrected chi connectivity index (χ1v) is 6.11. The lowest BCUT2D eigenvalue weighted by Gasteiger charge is -2.27. The summed E-state index contributed by atoms with van der Waals surface area (Å²) in [6, 6.07) is -0.516. The number of aromatic nitrogens is 2. The number of azide groups is 1. The Bertz CT molecular complexity index is 678. The maximum Gasteiger partial charge on any atom is 0.319 e. The fraction of sp³-hybridized carbons (Fsp3) is 0.600. The predicted octanol–water partition coefficient (Wildman–Crippen LogP) is 1.30. The van der Waals surface area contributed by atoms with Crippen LogP contribution in [-0.4, -0.2) is 39.5 Å². The molecule has 0 radical (unpaired) electrons. The lowest BCUT2D eigenvalue weighted by Crippen LogP contribution is -2.37. The Balaban J connectivity index is 2.06. The van der Waals surface area contributed by atoms with Crippen molar-refractivity contribution in [2.45, 2.75) is 31.8 Å². The molecule has 1 aromatic heterocycles. The number of fused-ring (bicyclic) bond motifs is 2. The Kier molecular flexibility index (Phi) is 3.09. The van der Waals surface area contributed by atoms with Crippen molar-refractivity contribution in [3.05, 3.63) is 26.3 Å². The molecule has 0 amide bonds. The van der Waals surface area contributed by atoms with Gasteiger partial charge in [0.2, 0.25) is 12.1 Å². The van der Waals surface area contributed by atoms with Crippen LogP contribution >= 0.6 is 0 Å². The van der Waals surface area contributed by atoms with E-state index in [9.17, 15) is 14.9 Å². The maximum absolute atomic E-state index is 11.8. The van der Waals surface area contributed by atoms with Crippen LogP contribution in [-0.2, 0) is 14.3 Å². The van der Waals surface area contributed by atoms with Gasteiger partial charge in [0.05, 0.1) is 17.6 Å². The van der Waals surface area contributed by atoms with Gasteiger partial charge < -0.3 is 9.47 Å². The van der Waals surface area contributed by atoms with Crippen molar-refractivity contribution in [2.24, 2.45) is 5.11 Å². The first-order valence-electron chi connectivity index (χ1n) is 6.11. The van der Waals surface area contributed by atoms with Crippen LogP contribution in [0.5, 0.6) is 0 Å². The zero-order chi connectivity index (χ0) is 15.1. The van der Waals surface area contributed by atoms with Crippen molar-refractivity contribution in [3.8, 4) is 0 Å². The molecule has 2 saturated heterocycles. The third-order valence-electron chi connectivity index (χ3n) is 3.55. The van der Waals surface area contributed by atoms with E-state index >= 15 is 0 Å². The number of nitro groups is 1. The van der Waals surface area contributed by atoms with Gasteiger partial charge in [-0.1, -0.05) is 0 Å². The second-order valence-electron chi connectivity index (χ2n) is 4.73. The molecule has 3 rings (SSSR count). The summed E-state index contributed by atoms with van der Waals surface area (Å²) in [5, 5.41) is 18.3. The smallest absolute Gasteiger partial charge is 0.319 e. The lowest BCUT2D eigenvalue weighted by molar-refractivity contribution is -0.384. The standard InChI is InChI=1S/C10H10N6O5/c1-4-8(16(18)19)9(12-14-11)13-15(4)5-2-6(17)10-20-3-7(5)21-10/h5,7,10H,2-3H2,1H3/t5-,7+,10+/m0/s1. The van der Waals surface area contributed by atoms with E-state index in [0.717, 1.165) is 0 Å². The molecule has 1 aromatic rings. The van der Waals surface area contributed by atoms with Crippen molar-refractivity contribution in [3.63, 3.8) is 0 Å². The Morgan fingerprint density at radius 1 is 1.62 bits per heavy atom. The van der Waals surface area contributed by atoms with E-state index < -0.39 is 23.4 Å². The quantitative estimate of drug-likeness (QED) is 0.270. The first kappa shape index (κ1) is 13.5. The lowest BCUT2D eigenvalue weighted by atomic mass is 10.0. The molecule has 2 fully saturated rings. The molecule has 3 heterocycles. The zero-order valence-corrected chi connectivity index (χ0v) is 10.9. The predicted molar refractivity (Wildman–Crippen MR) is 65.7 cm³/mol. The second kappa shape index (κ2) is 4.81. The summed E-state index contributed by atoms with van der Waals surface area (Å²) in [4.78, 5) is 24.7. The summed E-state index contributed by atoms with van der Waals surface area (Å²) in [5.74, 6) is -0.565. The van der Waals surface area contributed by atoms with Crippen LogP contribution in [0.4, 0.5) is 11.5 Å². The molecule has 0 N–H and O–H groups in total. The summed E-state index contributed by atoms with van der Waals surface area (Å²) in [5.41, 5.74) is 8.30. The fourth-order valence-corrected chi connectivity index (χ4v) is 2.61. The average Bonchev–Trinajstić information content (AvgIpc) is 2.98. The molecule has 0 aliphatic carbocycles. The third kappa shape index (κ3) is 2.03. The van der Waals surface area contributed by atoms with Crippen LogP contribution in [0.1, 0.15) is 18.2 Å². The molecular weight excluding hydrogens is 284 g/mol. The molecule has 0 spiro atoms. The second-order valence-corrected chi connectivity index (χ2v) is 4.73. The number of ether oxygens (including phenoxy) is 2. The molecule has 21 heavy (non-hydrogen) atoms. The van der Waals surface area contributed by atoms with Gasteiger partial charge in [0.25, 0.3) is 0 Å². The Morgan fingerprint density at radius 2 is 2.38 bits per heavy atom. The van der Waals surface area contributed by atoms with Crippen LogP contribution in [0.15, 0.2) is 5.11 Å². The number of nitrogens with zero attached hydrogens (tertiary/aromatic N) is 6. The number of Topliss-reactive ketones (excluding diaryl/α,β-unsaturated/α-hetero) is 1. The number of hydrogen-bond donors (Lipinski definition) is 0. The number of carbonyl (C=O) groups excluding carboxylic acids is 1. The van der Waals surface area contributed by atoms with Crippen molar-refractivity contribution in [1.29, 1.82) is 0 Å². The van der Waals surface area contributed by atoms with Gasteiger partial charge in [0.1, 0.15) is 11.8 Å². The van der Waals surface area contributed by atoms with E-state index in [0.29, 0.717) is 0 Å². The number of ketones is 1. The van der Waals surface area contributed by atoms with Crippen LogP contribution in [0, 0.1) is 17.0 Å². The Morgan fingerprint density at radius 3 is 3.05 bits per heavy atom. The number of hydrogen-bond acceptors (Lipinski definition) is 7. The third-order valence-corrected chi connectivity index (χ3v) is 3.55. The van der Waals surface area contributed by atoms with E-state index in [4.69, 9.17) is 15.0 Å². The molecule has 0 unspecified atom stereocenters. The SMILES string of the molecule is Cc1c([N+](=O)[O-])c(N=[N+]=[N-])nn1[C@H]1CC(=O)[C@@H]2OC[C@H]1O2. The van der Waals surface area contributed by atoms with Crippen molar-refractivity contribution < 1.29 is 19.2 Å². The molecule has 3 atom stereocenters. The molecule has 2 aliphatic rings. The van der Waals surface area contributed by atoms with Gasteiger partial charge >= 0.3 is 5.69 Å². The molecule has 11 nitrogen and oxygen atoms in total. The Hall–Kier alpha value is -2.49. The van der Waals surface area contributed by atoms with Crippen LogP contribution in [0.3, 0.4) is 0 Å². The number of rotatable bonds is 3. The van der Waals surface area contributed by atoms with Gasteiger partial charge in [-0.25, -0.2) is 0 Å². The minimum atomic E-state index is -0.853. The largest absolute Gasteiger partial charge is 0.343 e. The molecule has 11 heteroatoms. The molecule has 2 aliphatic heterocycles. The average molecular weight is 294 g/mol. The van der Waals surface area contributed by atoms with Gasteiger partial charge in [-0.05, 0) is 17.6 Å². The van der Waals surface area contributed by atoms with Crippen molar-refractivity contribution in [1.82, 2.24) is 9.78 Å². The van der Waals surface area contributed by atoms with Gasteiger partial charge in [-0.3, -0.25) is 19.6 Å². The monoisotopic (exact) mass is 294 g/mol. The fourth-order valence-electron chi connectivity index (χ4n) is 2.61. The van der Waals surface area contributed by atoms with E-state index in [1.807, 2.05) is 0 Å².